The molecular weight excluding hydrogens is 273 g/mol. The molecule has 0 bridgehead atoms. The van der Waals surface area contributed by atoms with Crippen LogP contribution in [0.3, 0.4) is 0 Å². The lowest BCUT2D eigenvalue weighted by Gasteiger charge is -2.10. The Morgan fingerprint density at radius 1 is 1.33 bits per heavy atom. The van der Waals surface area contributed by atoms with E-state index in [1.807, 2.05) is 0 Å². The first-order chi connectivity index (χ1) is 8.30. The van der Waals surface area contributed by atoms with E-state index < -0.39 is 24.4 Å². The Hall–Kier alpha value is -1.76. The zero-order valence-electron chi connectivity index (χ0n) is 8.87. The lowest BCUT2D eigenvalue weighted by molar-refractivity contribution is -0.122. The van der Waals surface area contributed by atoms with Crippen molar-refractivity contribution in [3.8, 4) is 0 Å². The van der Waals surface area contributed by atoms with Crippen LogP contribution in [0.2, 0.25) is 5.02 Å². The van der Waals surface area contributed by atoms with Gasteiger partial charge in [0.15, 0.2) is 12.3 Å². The summed E-state index contributed by atoms with van der Waals surface area (Å²) in [5.74, 6) is -0.920. The average Bonchev–Trinajstić information content (AvgIpc) is 2.24. The number of primary amides is 1. The molecule has 0 radical (unpaired) electrons. The summed E-state index contributed by atoms with van der Waals surface area (Å²) in [7, 11) is 0. The first-order valence-corrected chi connectivity index (χ1v) is 5.00. The Kier molecular flexibility index (Phi) is 4.55. The van der Waals surface area contributed by atoms with Crippen molar-refractivity contribution in [1.82, 2.24) is 0 Å². The molecule has 0 aliphatic rings. The minimum absolute atomic E-state index is 0.226. The fourth-order valence-electron chi connectivity index (χ4n) is 1.04. The van der Waals surface area contributed by atoms with Crippen molar-refractivity contribution in [2.45, 2.75) is 6.18 Å². The van der Waals surface area contributed by atoms with Crippen LogP contribution in [0.4, 0.5) is 13.2 Å². The van der Waals surface area contributed by atoms with Gasteiger partial charge in [0.25, 0.3) is 5.91 Å². The van der Waals surface area contributed by atoms with E-state index in [4.69, 9.17) is 17.3 Å². The van der Waals surface area contributed by atoms with Crippen LogP contribution in [-0.4, -0.2) is 24.4 Å². The summed E-state index contributed by atoms with van der Waals surface area (Å²) < 4.78 is 38.0. The number of hydrogen-bond donors (Lipinski definition) is 1. The van der Waals surface area contributed by atoms with Gasteiger partial charge in [0.2, 0.25) is 0 Å². The van der Waals surface area contributed by atoms with Crippen LogP contribution >= 0.6 is 11.6 Å². The quantitative estimate of drug-likeness (QED) is 0.678. The SMILES string of the molecule is NC(=O)CON=C(c1ccc(Cl)cc1)C(F)(F)F. The van der Waals surface area contributed by atoms with Crippen molar-refractivity contribution in [1.29, 1.82) is 0 Å². The minimum Gasteiger partial charge on any atom is -0.385 e. The second kappa shape index (κ2) is 5.72. The molecule has 18 heavy (non-hydrogen) atoms. The van der Waals surface area contributed by atoms with Crippen LogP contribution in [0.1, 0.15) is 5.56 Å². The van der Waals surface area contributed by atoms with Crippen LogP contribution in [0.25, 0.3) is 0 Å². The molecule has 0 atom stereocenters. The van der Waals surface area contributed by atoms with Crippen molar-refractivity contribution in [3.63, 3.8) is 0 Å². The van der Waals surface area contributed by atoms with Gasteiger partial charge in [0.05, 0.1) is 0 Å². The highest BCUT2D eigenvalue weighted by atomic mass is 35.5. The zero-order valence-corrected chi connectivity index (χ0v) is 9.63. The summed E-state index contributed by atoms with van der Waals surface area (Å²) >= 11 is 5.56. The molecule has 8 heteroatoms. The number of rotatable bonds is 4. The van der Waals surface area contributed by atoms with E-state index >= 15 is 0 Å². The van der Waals surface area contributed by atoms with Crippen molar-refractivity contribution < 1.29 is 22.8 Å². The third-order valence-corrected chi connectivity index (χ3v) is 2.00. The molecule has 0 fully saturated rings. The number of nitrogens with two attached hydrogens (primary N) is 1. The second-order valence-electron chi connectivity index (χ2n) is 3.18. The number of amides is 1. The number of carbonyl (C=O) groups is 1. The minimum atomic E-state index is -4.72. The van der Waals surface area contributed by atoms with E-state index in [9.17, 15) is 18.0 Å². The molecule has 1 aromatic rings. The van der Waals surface area contributed by atoms with Gasteiger partial charge >= 0.3 is 6.18 Å². The number of oxime groups is 1. The molecule has 0 saturated carbocycles. The summed E-state index contributed by atoms with van der Waals surface area (Å²) in [6, 6.07) is 4.85. The molecule has 1 rings (SSSR count). The molecule has 0 aliphatic carbocycles. The Bertz CT molecular complexity index is 457. The van der Waals surface area contributed by atoms with Crippen molar-refractivity contribution >= 4 is 23.2 Å². The van der Waals surface area contributed by atoms with Crippen LogP contribution in [-0.2, 0) is 9.63 Å². The smallest absolute Gasteiger partial charge is 0.385 e. The maximum absolute atomic E-state index is 12.7. The van der Waals surface area contributed by atoms with Gasteiger partial charge in [-0.1, -0.05) is 28.9 Å². The van der Waals surface area contributed by atoms with Gasteiger partial charge in [-0.15, -0.1) is 0 Å². The molecule has 0 unspecified atom stereocenters. The van der Waals surface area contributed by atoms with Gasteiger partial charge in [-0.25, -0.2) is 0 Å². The summed E-state index contributed by atoms with van der Waals surface area (Å²) in [4.78, 5) is 14.6. The van der Waals surface area contributed by atoms with Gasteiger partial charge in [0.1, 0.15) is 0 Å². The number of carbonyl (C=O) groups excluding carboxylic acids is 1. The molecule has 98 valence electrons. The Labute approximate surface area is 105 Å². The normalized spacial score (nSPS) is 12.3. The van der Waals surface area contributed by atoms with Gasteiger partial charge in [-0.05, 0) is 12.1 Å². The molecule has 0 aliphatic heterocycles. The molecule has 1 amide bonds. The van der Waals surface area contributed by atoms with Crippen LogP contribution in [0.15, 0.2) is 29.4 Å². The molecule has 0 spiro atoms. The van der Waals surface area contributed by atoms with Crippen molar-refractivity contribution in [2.24, 2.45) is 10.9 Å². The van der Waals surface area contributed by atoms with Gasteiger partial charge < -0.3 is 10.6 Å². The van der Waals surface area contributed by atoms with Gasteiger partial charge in [-0.3, -0.25) is 4.79 Å². The lowest BCUT2D eigenvalue weighted by atomic mass is 10.1. The maximum atomic E-state index is 12.7. The van der Waals surface area contributed by atoms with Crippen LogP contribution in [0.5, 0.6) is 0 Å². The predicted molar refractivity (Wildman–Crippen MR) is 59.2 cm³/mol. The highest BCUT2D eigenvalue weighted by Crippen LogP contribution is 2.23. The predicted octanol–water partition coefficient (Wildman–Crippen LogP) is 2.11. The van der Waals surface area contributed by atoms with E-state index in [1.54, 1.807) is 0 Å². The highest BCUT2D eigenvalue weighted by Gasteiger charge is 2.37. The third kappa shape index (κ3) is 4.25. The van der Waals surface area contributed by atoms with Crippen molar-refractivity contribution in [3.05, 3.63) is 34.9 Å². The molecular formula is C10H8ClF3N2O2. The van der Waals surface area contributed by atoms with E-state index in [-0.39, 0.29) is 5.56 Å². The number of hydrogen-bond acceptors (Lipinski definition) is 3. The van der Waals surface area contributed by atoms with Crippen LogP contribution in [0, 0.1) is 0 Å². The maximum Gasteiger partial charge on any atom is 0.437 e. The van der Waals surface area contributed by atoms with Crippen molar-refractivity contribution in [2.75, 3.05) is 6.61 Å². The summed E-state index contributed by atoms with van der Waals surface area (Å²) in [6.07, 6.45) is -4.72. The summed E-state index contributed by atoms with van der Waals surface area (Å²) in [6.45, 7) is -0.729. The monoisotopic (exact) mass is 280 g/mol. The topological polar surface area (TPSA) is 64.7 Å². The molecule has 2 N–H and O–H groups in total. The number of nitrogens with zero attached hydrogens (tertiary/aromatic N) is 1. The molecule has 0 aromatic heterocycles. The van der Waals surface area contributed by atoms with Crippen LogP contribution < -0.4 is 5.73 Å². The van der Waals surface area contributed by atoms with E-state index in [2.05, 4.69) is 9.99 Å². The number of halogens is 4. The average molecular weight is 281 g/mol. The fraction of sp³-hybridized carbons (Fsp3) is 0.200. The Balaban J connectivity index is 2.99. The first kappa shape index (κ1) is 14.3. The van der Waals surface area contributed by atoms with E-state index in [0.717, 1.165) is 12.1 Å². The Morgan fingerprint density at radius 2 is 1.89 bits per heavy atom. The molecule has 0 heterocycles. The Morgan fingerprint density at radius 3 is 2.33 bits per heavy atom. The lowest BCUT2D eigenvalue weighted by Crippen LogP contribution is -2.25. The molecule has 4 nitrogen and oxygen atoms in total. The van der Waals surface area contributed by atoms with Gasteiger partial charge in [0, 0.05) is 10.6 Å². The zero-order chi connectivity index (χ0) is 13.8. The number of alkyl halides is 3. The summed E-state index contributed by atoms with van der Waals surface area (Å²) in [5, 5.41) is 3.17. The molecule has 1 aromatic carbocycles. The molecule has 0 saturated heterocycles. The standard InChI is InChI=1S/C10H8ClF3N2O2/c11-7-3-1-6(2-4-7)9(10(12,13)14)16-18-5-8(15)17/h1-4H,5H2,(H2,15,17). The van der Waals surface area contributed by atoms with E-state index in [1.165, 1.54) is 12.1 Å². The largest absolute Gasteiger partial charge is 0.437 e. The fourth-order valence-corrected chi connectivity index (χ4v) is 1.16. The number of benzene rings is 1. The first-order valence-electron chi connectivity index (χ1n) is 4.62. The highest BCUT2D eigenvalue weighted by molar-refractivity contribution is 6.30. The van der Waals surface area contributed by atoms with E-state index in [0.29, 0.717) is 5.02 Å². The summed E-state index contributed by atoms with van der Waals surface area (Å²) in [5.41, 5.74) is 3.23. The third-order valence-electron chi connectivity index (χ3n) is 1.75. The second-order valence-corrected chi connectivity index (χ2v) is 3.62. The van der Waals surface area contributed by atoms with Gasteiger partial charge in [-0.2, -0.15) is 13.2 Å².